The number of methoxy groups -OCH3 is 1. The number of amides is 2. The van der Waals surface area contributed by atoms with Crippen molar-refractivity contribution < 1.29 is 33.4 Å². The van der Waals surface area contributed by atoms with Crippen molar-refractivity contribution in [1.29, 1.82) is 0 Å². The lowest BCUT2D eigenvalue weighted by Gasteiger charge is -2.08. The van der Waals surface area contributed by atoms with E-state index in [2.05, 4.69) is 10.9 Å². The first-order valence-corrected chi connectivity index (χ1v) is 6.68. The molecule has 0 atom stereocenters. The maximum absolute atomic E-state index is 11.8. The highest BCUT2D eigenvalue weighted by molar-refractivity contribution is 5.95. The lowest BCUT2D eigenvalue weighted by atomic mass is 10.2. The molecule has 9 heteroatoms. The van der Waals surface area contributed by atoms with Crippen molar-refractivity contribution in [3.8, 4) is 11.5 Å². The molecule has 2 amide bonds. The molecule has 1 heterocycles. The molecule has 0 saturated heterocycles. The van der Waals surface area contributed by atoms with Gasteiger partial charge in [-0.1, -0.05) is 0 Å². The lowest BCUT2D eigenvalue weighted by Crippen LogP contribution is -2.43. The molecular weight excluding hydrogens is 320 g/mol. The smallest absolute Gasteiger partial charge is 0.342 e. The summed E-state index contributed by atoms with van der Waals surface area (Å²) < 4.78 is 14.5. The monoisotopic (exact) mass is 334 g/mol. The fourth-order valence-corrected chi connectivity index (χ4v) is 1.65. The molecule has 9 nitrogen and oxygen atoms in total. The Balaban J connectivity index is 1.81. The number of benzene rings is 1. The normalized spacial score (nSPS) is 9.88. The molecule has 0 aliphatic heterocycles. The zero-order chi connectivity index (χ0) is 17.5. The first kappa shape index (κ1) is 16.9. The van der Waals surface area contributed by atoms with E-state index >= 15 is 0 Å². The van der Waals surface area contributed by atoms with Crippen molar-refractivity contribution in [3.05, 3.63) is 47.9 Å². The van der Waals surface area contributed by atoms with Crippen LogP contribution in [-0.2, 0) is 9.53 Å². The maximum Gasteiger partial charge on any atom is 0.342 e. The van der Waals surface area contributed by atoms with E-state index < -0.39 is 24.4 Å². The molecule has 0 unspecified atom stereocenters. The second kappa shape index (κ2) is 7.68. The highest BCUT2D eigenvalue weighted by Crippen LogP contribution is 2.23. The zero-order valence-corrected chi connectivity index (χ0v) is 12.6. The molecule has 1 aromatic heterocycles. The van der Waals surface area contributed by atoms with E-state index in [0.29, 0.717) is 5.75 Å². The summed E-state index contributed by atoms with van der Waals surface area (Å²) in [7, 11) is 1.41. The summed E-state index contributed by atoms with van der Waals surface area (Å²) in [5.74, 6) is -2.30. The van der Waals surface area contributed by atoms with Crippen LogP contribution in [0.2, 0.25) is 0 Å². The van der Waals surface area contributed by atoms with E-state index in [4.69, 9.17) is 13.9 Å². The zero-order valence-electron chi connectivity index (χ0n) is 12.6. The minimum absolute atomic E-state index is 0.00968. The molecule has 0 bridgehead atoms. The van der Waals surface area contributed by atoms with Gasteiger partial charge >= 0.3 is 11.9 Å². The molecule has 0 aliphatic carbocycles. The molecule has 0 fully saturated rings. The lowest BCUT2D eigenvalue weighted by molar-refractivity contribution is -0.125. The Hall–Kier alpha value is -3.49. The Bertz CT molecular complexity index is 740. The maximum atomic E-state index is 11.8. The minimum Gasteiger partial charge on any atom is -0.507 e. The van der Waals surface area contributed by atoms with Crippen molar-refractivity contribution in [2.45, 2.75) is 0 Å². The number of hydrogen-bond acceptors (Lipinski definition) is 7. The predicted molar refractivity (Wildman–Crippen MR) is 79.3 cm³/mol. The number of nitrogens with one attached hydrogen (secondary N) is 2. The number of esters is 1. The SMILES string of the molecule is COc1ccc(C(=O)OCC(=O)NNC(=O)c2ccco2)c(O)c1. The molecule has 126 valence electrons. The molecule has 0 radical (unpaired) electrons. The highest BCUT2D eigenvalue weighted by atomic mass is 16.5. The average Bonchev–Trinajstić information content (AvgIpc) is 3.12. The third-order valence-corrected chi connectivity index (χ3v) is 2.82. The van der Waals surface area contributed by atoms with Crippen LogP contribution >= 0.6 is 0 Å². The fraction of sp³-hybridized carbons (Fsp3) is 0.133. The van der Waals surface area contributed by atoms with Gasteiger partial charge in [-0.15, -0.1) is 0 Å². The molecule has 24 heavy (non-hydrogen) atoms. The van der Waals surface area contributed by atoms with Gasteiger partial charge in [-0.2, -0.15) is 0 Å². The molecule has 1 aromatic carbocycles. The Labute approximate surface area is 136 Å². The number of phenols is 1. The summed E-state index contributed by atoms with van der Waals surface area (Å²) in [4.78, 5) is 34.8. The van der Waals surface area contributed by atoms with Gasteiger partial charge in [0.15, 0.2) is 12.4 Å². The number of hydrazine groups is 1. The first-order valence-electron chi connectivity index (χ1n) is 6.68. The van der Waals surface area contributed by atoms with Crippen LogP contribution in [0.4, 0.5) is 0 Å². The Kier molecular flexibility index (Phi) is 5.40. The minimum atomic E-state index is -0.900. The van der Waals surface area contributed by atoms with Crippen molar-refractivity contribution in [3.63, 3.8) is 0 Å². The van der Waals surface area contributed by atoms with E-state index in [1.54, 1.807) is 0 Å². The van der Waals surface area contributed by atoms with E-state index in [9.17, 15) is 19.5 Å². The van der Waals surface area contributed by atoms with Crippen LogP contribution in [0.1, 0.15) is 20.9 Å². The second-order valence-corrected chi connectivity index (χ2v) is 4.44. The van der Waals surface area contributed by atoms with Gasteiger partial charge in [0, 0.05) is 6.07 Å². The summed E-state index contributed by atoms with van der Waals surface area (Å²) in [6.45, 7) is -0.650. The number of phenolic OH excluding ortho intramolecular Hbond substituents is 1. The van der Waals surface area contributed by atoms with Crippen LogP contribution in [0.15, 0.2) is 41.0 Å². The quantitative estimate of drug-likeness (QED) is 0.540. The Morgan fingerprint density at radius 2 is 2.00 bits per heavy atom. The molecular formula is C15H14N2O7. The number of carbonyl (C=O) groups is 3. The Morgan fingerprint density at radius 3 is 2.62 bits per heavy atom. The van der Waals surface area contributed by atoms with Crippen LogP contribution in [0.5, 0.6) is 11.5 Å². The molecule has 2 aromatic rings. The number of carbonyl (C=O) groups excluding carboxylic acids is 3. The van der Waals surface area contributed by atoms with Crippen LogP contribution in [0.25, 0.3) is 0 Å². The summed E-state index contributed by atoms with van der Waals surface area (Å²) >= 11 is 0. The van der Waals surface area contributed by atoms with Crippen LogP contribution in [0.3, 0.4) is 0 Å². The standard InChI is InChI=1S/C15H14N2O7/c1-22-9-4-5-10(11(18)7-9)15(21)24-8-13(19)16-17-14(20)12-3-2-6-23-12/h2-7,18H,8H2,1H3,(H,16,19)(H,17,20). The van der Waals surface area contributed by atoms with E-state index in [1.807, 2.05) is 0 Å². The van der Waals surface area contributed by atoms with Gasteiger partial charge in [0.2, 0.25) is 0 Å². The number of furan rings is 1. The van der Waals surface area contributed by atoms with Crippen LogP contribution < -0.4 is 15.6 Å². The van der Waals surface area contributed by atoms with Gasteiger partial charge in [0.05, 0.1) is 13.4 Å². The van der Waals surface area contributed by atoms with E-state index in [0.717, 1.165) is 0 Å². The van der Waals surface area contributed by atoms with Gasteiger partial charge in [0.25, 0.3) is 5.91 Å². The fourth-order valence-electron chi connectivity index (χ4n) is 1.65. The van der Waals surface area contributed by atoms with Gasteiger partial charge < -0.3 is 19.0 Å². The molecule has 0 spiro atoms. The van der Waals surface area contributed by atoms with E-state index in [1.165, 1.54) is 43.7 Å². The summed E-state index contributed by atoms with van der Waals surface area (Å²) in [6, 6.07) is 6.92. The molecule has 0 saturated carbocycles. The molecule has 2 rings (SSSR count). The largest absolute Gasteiger partial charge is 0.507 e. The third kappa shape index (κ3) is 4.26. The van der Waals surface area contributed by atoms with Crippen LogP contribution in [0, 0.1) is 0 Å². The summed E-state index contributed by atoms with van der Waals surface area (Å²) in [5.41, 5.74) is 4.02. The van der Waals surface area contributed by atoms with Crippen molar-refractivity contribution in [2.24, 2.45) is 0 Å². The van der Waals surface area contributed by atoms with Crippen molar-refractivity contribution >= 4 is 17.8 Å². The summed E-state index contributed by atoms with van der Waals surface area (Å²) in [5, 5.41) is 9.69. The van der Waals surface area contributed by atoms with Gasteiger partial charge in [-0.25, -0.2) is 4.79 Å². The molecule has 3 N–H and O–H groups in total. The first-order chi connectivity index (χ1) is 11.5. The third-order valence-electron chi connectivity index (χ3n) is 2.82. The second-order valence-electron chi connectivity index (χ2n) is 4.44. The molecule has 0 aliphatic rings. The number of aromatic hydroxyl groups is 1. The van der Waals surface area contributed by atoms with E-state index in [-0.39, 0.29) is 17.1 Å². The Morgan fingerprint density at radius 1 is 1.21 bits per heavy atom. The average molecular weight is 334 g/mol. The van der Waals surface area contributed by atoms with Gasteiger partial charge in [-0.3, -0.25) is 20.4 Å². The van der Waals surface area contributed by atoms with Crippen molar-refractivity contribution in [1.82, 2.24) is 10.9 Å². The number of rotatable bonds is 5. The predicted octanol–water partition coefficient (Wildman–Crippen LogP) is 0.612. The number of ether oxygens (including phenoxy) is 2. The number of hydrogen-bond donors (Lipinski definition) is 3. The van der Waals surface area contributed by atoms with Gasteiger partial charge in [0.1, 0.15) is 17.1 Å². The summed E-state index contributed by atoms with van der Waals surface area (Å²) in [6.07, 6.45) is 1.31. The van der Waals surface area contributed by atoms with Crippen molar-refractivity contribution in [2.75, 3.05) is 13.7 Å². The topological polar surface area (TPSA) is 127 Å². The van der Waals surface area contributed by atoms with Crippen LogP contribution in [-0.4, -0.2) is 36.6 Å². The van der Waals surface area contributed by atoms with Gasteiger partial charge in [-0.05, 0) is 24.3 Å². The highest BCUT2D eigenvalue weighted by Gasteiger charge is 2.16.